The number of hydrogen-bond donors (Lipinski definition) is 3. The number of thiazole rings is 1. The molecular weight excluding hydrogens is 274 g/mol. The third-order valence-corrected chi connectivity index (χ3v) is 3.92. The normalized spacial score (nSPS) is 12.4. The van der Waals surface area contributed by atoms with Crippen LogP contribution in [0.15, 0.2) is 5.38 Å². The lowest BCUT2D eigenvalue weighted by molar-refractivity contribution is 0.207. The first kappa shape index (κ1) is 16.9. The molecule has 1 aromatic heterocycles. The topological polar surface area (TPSA) is 74.2 Å². The van der Waals surface area contributed by atoms with E-state index in [1.807, 2.05) is 5.38 Å². The van der Waals surface area contributed by atoms with E-state index in [0.717, 1.165) is 30.0 Å². The molecule has 1 heterocycles. The summed E-state index contributed by atoms with van der Waals surface area (Å²) in [5.41, 5.74) is 1.02. The van der Waals surface area contributed by atoms with Crippen LogP contribution in [-0.2, 0) is 12.8 Å². The summed E-state index contributed by atoms with van der Waals surface area (Å²) >= 11 is 1.66. The van der Waals surface area contributed by atoms with E-state index in [1.165, 1.54) is 0 Å². The van der Waals surface area contributed by atoms with Gasteiger partial charge in [0.1, 0.15) is 0 Å². The van der Waals surface area contributed by atoms with Crippen molar-refractivity contribution in [1.29, 1.82) is 0 Å². The van der Waals surface area contributed by atoms with Crippen LogP contribution in [0.4, 0.5) is 4.79 Å². The SMILES string of the molecule is CCc1nc(CCNC(=O)NC(CO)CC(C)C)cs1. The third-order valence-electron chi connectivity index (χ3n) is 2.88. The molecule has 3 N–H and O–H groups in total. The number of nitrogens with one attached hydrogen (secondary N) is 2. The van der Waals surface area contributed by atoms with Crippen molar-refractivity contribution in [1.82, 2.24) is 15.6 Å². The van der Waals surface area contributed by atoms with Gasteiger partial charge >= 0.3 is 6.03 Å². The molecule has 0 spiro atoms. The molecule has 0 aromatic carbocycles. The van der Waals surface area contributed by atoms with Crippen LogP contribution in [-0.4, -0.2) is 35.3 Å². The zero-order chi connectivity index (χ0) is 15.0. The molecule has 0 aliphatic heterocycles. The van der Waals surface area contributed by atoms with Gasteiger partial charge < -0.3 is 15.7 Å². The van der Waals surface area contributed by atoms with Gasteiger partial charge in [-0.05, 0) is 18.8 Å². The number of aromatic nitrogens is 1. The lowest BCUT2D eigenvalue weighted by Crippen LogP contribution is -2.44. The smallest absolute Gasteiger partial charge is 0.315 e. The minimum Gasteiger partial charge on any atom is -0.394 e. The number of aliphatic hydroxyl groups excluding tert-OH is 1. The zero-order valence-corrected chi connectivity index (χ0v) is 13.3. The van der Waals surface area contributed by atoms with Gasteiger partial charge in [0.15, 0.2) is 0 Å². The van der Waals surface area contributed by atoms with E-state index in [-0.39, 0.29) is 18.7 Å². The van der Waals surface area contributed by atoms with Gasteiger partial charge in [-0.1, -0.05) is 20.8 Å². The first-order chi connectivity index (χ1) is 9.55. The van der Waals surface area contributed by atoms with Gasteiger partial charge in [0.25, 0.3) is 0 Å². The Balaban J connectivity index is 2.25. The number of hydrogen-bond acceptors (Lipinski definition) is 4. The molecule has 6 heteroatoms. The van der Waals surface area contributed by atoms with E-state index in [9.17, 15) is 9.90 Å². The van der Waals surface area contributed by atoms with Crippen molar-refractivity contribution in [3.63, 3.8) is 0 Å². The maximum Gasteiger partial charge on any atom is 0.315 e. The summed E-state index contributed by atoms with van der Waals surface area (Å²) in [5.74, 6) is 0.440. The fraction of sp³-hybridized carbons (Fsp3) is 0.714. The lowest BCUT2D eigenvalue weighted by atomic mass is 10.0. The fourth-order valence-corrected chi connectivity index (χ4v) is 2.69. The second-order valence-electron chi connectivity index (χ2n) is 5.25. The quantitative estimate of drug-likeness (QED) is 0.687. The van der Waals surface area contributed by atoms with Crippen molar-refractivity contribution in [2.75, 3.05) is 13.2 Å². The third kappa shape index (κ3) is 6.34. The number of amides is 2. The maximum atomic E-state index is 11.7. The molecular formula is C14H25N3O2S. The van der Waals surface area contributed by atoms with E-state index in [0.29, 0.717) is 12.5 Å². The summed E-state index contributed by atoms with van der Waals surface area (Å²) in [6.45, 7) is 6.74. The molecule has 0 fully saturated rings. The van der Waals surface area contributed by atoms with Crippen LogP contribution >= 0.6 is 11.3 Å². The molecule has 0 bridgehead atoms. The van der Waals surface area contributed by atoms with Gasteiger partial charge in [-0.2, -0.15) is 0 Å². The molecule has 0 saturated heterocycles. The van der Waals surface area contributed by atoms with Crippen LogP contribution in [0, 0.1) is 5.92 Å². The lowest BCUT2D eigenvalue weighted by Gasteiger charge is -2.18. The van der Waals surface area contributed by atoms with Crippen molar-refractivity contribution in [2.24, 2.45) is 5.92 Å². The second-order valence-corrected chi connectivity index (χ2v) is 6.19. The van der Waals surface area contributed by atoms with Gasteiger partial charge in [-0.15, -0.1) is 11.3 Å². The minimum atomic E-state index is -0.226. The maximum absolute atomic E-state index is 11.7. The van der Waals surface area contributed by atoms with Gasteiger partial charge in [0, 0.05) is 18.3 Å². The molecule has 0 saturated carbocycles. The van der Waals surface area contributed by atoms with Crippen LogP contribution in [0.25, 0.3) is 0 Å². The average molecular weight is 299 g/mol. The van der Waals surface area contributed by atoms with E-state index in [1.54, 1.807) is 11.3 Å². The van der Waals surface area contributed by atoms with Crippen molar-refractivity contribution in [3.05, 3.63) is 16.1 Å². The van der Waals surface area contributed by atoms with E-state index < -0.39 is 0 Å². The van der Waals surface area contributed by atoms with Crippen LogP contribution in [0.5, 0.6) is 0 Å². The number of carbonyl (C=O) groups excluding carboxylic acids is 1. The minimum absolute atomic E-state index is 0.0302. The Hall–Kier alpha value is -1.14. The van der Waals surface area contributed by atoms with Crippen LogP contribution < -0.4 is 10.6 Å². The highest BCUT2D eigenvalue weighted by Gasteiger charge is 2.12. The van der Waals surface area contributed by atoms with Crippen LogP contribution in [0.2, 0.25) is 0 Å². The predicted octanol–water partition coefficient (Wildman–Crippen LogP) is 1.95. The molecule has 2 amide bonds. The number of aryl methyl sites for hydroxylation is 1. The number of urea groups is 1. The number of nitrogens with zero attached hydrogens (tertiary/aromatic N) is 1. The summed E-state index contributed by atoms with van der Waals surface area (Å²) in [7, 11) is 0. The largest absolute Gasteiger partial charge is 0.394 e. The van der Waals surface area contributed by atoms with E-state index in [4.69, 9.17) is 0 Å². The highest BCUT2D eigenvalue weighted by molar-refractivity contribution is 7.09. The van der Waals surface area contributed by atoms with Crippen LogP contribution in [0.1, 0.15) is 37.9 Å². The molecule has 0 aliphatic carbocycles. The molecule has 0 aliphatic rings. The summed E-state index contributed by atoms with van der Waals surface area (Å²) < 4.78 is 0. The molecule has 0 radical (unpaired) electrons. The fourth-order valence-electron chi connectivity index (χ4n) is 1.91. The monoisotopic (exact) mass is 299 g/mol. The van der Waals surface area contributed by atoms with Crippen molar-refractivity contribution < 1.29 is 9.90 Å². The Morgan fingerprint density at radius 1 is 1.50 bits per heavy atom. The Morgan fingerprint density at radius 2 is 2.25 bits per heavy atom. The Labute approximate surface area is 124 Å². The first-order valence-electron chi connectivity index (χ1n) is 7.13. The molecule has 5 nitrogen and oxygen atoms in total. The molecule has 1 unspecified atom stereocenters. The average Bonchev–Trinajstić information content (AvgIpc) is 2.85. The van der Waals surface area contributed by atoms with Gasteiger partial charge in [0.2, 0.25) is 0 Å². The molecule has 1 rings (SSSR count). The highest BCUT2D eigenvalue weighted by atomic mass is 32.1. The molecule has 20 heavy (non-hydrogen) atoms. The highest BCUT2D eigenvalue weighted by Crippen LogP contribution is 2.10. The summed E-state index contributed by atoms with van der Waals surface area (Å²) in [6, 6.07) is -0.406. The summed E-state index contributed by atoms with van der Waals surface area (Å²) in [4.78, 5) is 16.1. The standard InChI is InChI=1S/C14H25N3O2S/c1-4-13-16-11(9-20-13)5-6-15-14(19)17-12(8-18)7-10(2)3/h9-10,12,18H,4-8H2,1-3H3,(H2,15,17,19). The van der Waals surface area contributed by atoms with Gasteiger partial charge in [0.05, 0.1) is 23.4 Å². The predicted molar refractivity (Wildman–Crippen MR) is 82.1 cm³/mol. The van der Waals surface area contributed by atoms with Crippen LogP contribution in [0.3, 0.4) is 0 Å². The zero-order valence-electron chi connectivity index (χ0n) is 12.5. The Morgan fingerprint density at radius 3 is 2.80 bits per heavy atom. The van der Waals surface area contributed by atoms with Gasteiger partial charge in [-0.3, -0.25) is 0 Å². The van der Waals surface area contributed by atoms with Gasteiger partial charge in [-0.25, -0.2) is 9.78 Å². The van der Waals surface area contributed by atoms with Crippen molar-refractivity contribution in [2.45, 2.75) is 46.1 Å². The summed E-state index contributed by atoms with van der Waals surface area (Å²) in [5, 5.41) is 18.0. The number of carbonyl (C=O) groups is 1. The summed E-state index contributed by atoms with van der Waals surface area (Å²) in [6.07, 6.45) is 2.46. The molecule has 1 atom stereocenters. The Kier molecular flexibility index (Phi) is 7.54. The van der Waals surface area contributed by atoms with Crippen molar-refractivity contribution >= 4 is 17.4 Å². The number of aliphatic hydroxyl groups is 1. The molecule has 1 aromatic rings. The Bertz CT molecular complexity index is 407. The molecule has 114 valence electrons. The number of rotatable bonds is 8. The second kappa shape index (κ2) is 8.92. The van der Waals surface area contributed by atoms with E-state index in [2.05, 4.69) is 36.4 Å². The van der Waals surface area contributed by atoms with E-state index >= 15 is 0 Å². The van der Waals surface area contributed by atoms with Crippen molar-refractivity contribution in [3.8, 4) is 0 Å². The first-order valence-corrected chi connectivity index (χ1v) is 8.01.